The second-order valence-electron chi connectivity index (χ2n) is 8.31. The van der Waals surface area contributed by atoms with Crippen LogP contribution >= 0.6 is 0 Å². The average molecular weight is 378 g/mol. The van der Waals surface area contributed by atoms with E-state index >= 15 is 0 Å². The Morgan fingerprint density at radius 3 is 1.41 bits per heavy atom. The summed E-state index contributed by atoms with van der Waals surface area (Å²) in [5, 5.41) is 0. The van der Waals surface area contributed by atoms with E-state index in [1.807, 2.05) is 0 Å². The van der Waals surface area contributed by atoms with Gasteiger partial charge in [0.2, 0.25) is 0 Å². The first-order chi connectivity index (χ1) is 13.2. The van der Waals surface area contributed by atoms with Gasteiger partial charge in [-0.25, -0.2) is 0 Å². The minimum Gasteiger partial charge on any atom is -0.275 e. The van der Waals surface area contributed by atoms with Gasteiger partial charge in [-0.15, -0.1) is 0 Å². The van der Waals surface area contributed by atoms with Crippen molar-refractivity contribution in [3.63, 3.8) is 0 Å². The third-order valence-corrected chi connectivity index (χ3v) is 5.77. The van der Waals surface area contributed by atoms with Gasteiger partial charge in [-0.2, -0.15) is 0 Å². The molecule has 1 rings (SSSR count). The number of nitrogens with zero attached hydrogens (tertiary/aromatic N) is 1. The zero-order valence-electron chi connectivity index (χ0n) is 18.0. The van der Waals surface area contributed by atoms with E-state index in [1.54, 1.807) is 0 Å². The fourth-order valence-corrected chi connectivity index (χ4v) is 3.98. The quantitative estimate of drug-likeness (QED) is 0.194. The number of carbonyl (C=O) groups excluding carboxylic acids is 2. The van der Waals surface area contributed by atoms with Crippen LogP contribution in [0.4, 0.5) is 0 Å². The lowest BCUT2D eigenvalue weighted by Gasteiger charge is -2.22. The highest BCUT2D eigenvalue weighted by atomic mass is 16.2. The Hall–Kier alpha value is -1.12. The highest BCUT2D eigenvalue weighted by molar-refractivity contribution is 6.12. The fourth-order valence-electron chi connectivity index (χ4n) is 3.98. The van der Waals surface area contributed by atoms with Gasteiger partial charge >= 0.3 is 0 Å². The largest absolute Gasteiger partial charge is 0.275 e. The molecule has 0 saturated carbocycles. The number of carbonyl (C=O) groups is 2. The number of hydrogen-bond acceptors (Lipinski definition) is 2. The molecular formula is C24H43NO2. The molecule has 0 aromatic carbocycles. The molecule has 156 valence electrons. The third kappa shape index (κ3) is 11.3. The number of rotatable bonds is 18. The zero-order chi connectivity index (χ0) is 19.7. The maximum atomic E-state index is 11.9. The van der Waals surface area contributed by atoms with E-state index in [9.17, 15) is 9.59 Å². The Balaban J connectivity index is 2.25. The summed E-state index contributed by atoms with van der Waals surface area (Å²) < 4.78 is 0. The van der Waals surface area contributed by atoms with Gasteiger partial charge in [-0.05, 0) is 18.8 Å². The summed E-state index contributed by atoms with van der Waals surface area (Å²) in [5.74, 6) is 0.233. The number of imide groups is 1. The fraction of sp³-hybridized carbons (Fsp3) is 0.833. The number of hydrogen-bond donors (Lipinski definition) is 0. The van der Waals surface area contributed by atoms with E-state index in [1.165, 1.54) is 107 Å². The molecule has 0 aromatic rings. The summed E-state index contributed by atoms with van der Waals surface area (Å²) in [5.41, 5.74) is 0. The average Bonchev–Trinajstić information content (AvgIpc) is 2.98. The predicted octanol–water partition coefficient (Wildman–Crippen LogP) is 6.81. The molecule has 0 fully saturated rings. The highest BCUT2D eigenvalue weighted by Crippen LogP contribution is 2.22. The Bertz CT molecular complexity index is 412. The molecule has 1 aliphatic rings. The van der Waals surface area contributed by atoms with Crippen molar-refractivity contribution >= 4 is 11.8 Å². The maximum Gasteiger partial charge on any atom is 0.253 e. The molecule has 3 heteroatoms. The minimum atomic E-state index is -0.121. The molecule has 0 spiro atoms. The first-order valence-corrected chi connectivity index (χ1v) is 11.7. The van der Waals surface area contributed by atoms with Crippen LogP contribution < -0.4 is 0 Å². The van der Waals surface area contributed by atoms with E-state index in [-0.39, 0.29) is 11.8 Å². The monoisotopic (exact) mass is 377 g/mol. The van der Waals surface area contributed by atoms with Gasteiger partial charge < -0.3 is 0 Å². The maximum absolute atomic E-state index is 11.9. The van der Waals surface area contributed by atoms with Gasteiger partial charge in [0.05, 0.1) is 0 Å². The number of unbranched alkanes of at least 4 members (excludes halogenated alkanes) is 12. The van der Waals surface area contributed by atoms with E-state index in [0.717, 1.165) is 12.8 Å². The lowest BCUT2D eigenvalue weighted by molar-refractivity contribution is -0.137. The number of amides is 2. The van der Waals surface area contributed by atoms with Crippen LogP contribution in [0.3, 0.4) is 0 Å². The van der Waals surface area contributed by atoms with Crippen molar-refractivity contribution in [1.82, 2.24) is 4.90 Å². The van der Waals surface area contributed by atoms with Crippen LogP contribution in [-0.2, 0) is 9.59 Å². The summed E-state index contributed by atoms with van der Waals surface area (Å²) in [4.78, 5) is 25.2. The van der Waals surface area contributed by atoms with Crippen LogP contribution in [0.15, 0.2) is 12.2 Å². The molecule has 2 amide bonds. The normalized spacial score (nSPS) is 15.1. The second kappa shape index (κ2) is 15.9. The van der Waals surface area contributed by atoms with Crippen LogP contribution in [0.5, 0.6) is 0 Å². The Morgan fingerprint density at radius 1 is 0.630 bits per heavy atom. The first-order valence-electron chi connectivity index (χ1n) is 11.7. The summed E-state index contributed by atoms with van der Waals surface area (Å²) in [6.07, 6.45) is 23.6. The van der Waals surface area contributed by atoms with Crippen molar-refractivity contribution < 1.29 is 9.59 Å². The van der Waals surface area contributed by atoms with Crippen LogP contribution in [0, 0.1) is 5.92 Å². The molecule has 1 atom stereocenters. The zero-order valence-corrected chi connectivity index (χ0v) is 18.0. The van der Waals surface area contributed by atoms with Crippen molar-refractivity contribution in [2.75, 3.05) is 6.54 Å². The third-order valence-electron chi connectivity index (χ3n) is 5.77. The summed E-state index contributed by atoms with van der Waals surface area (Å²) in [7, 11) is 0. The molecule has 1 aliphatic heterocycles. The van der Waals surface area contributed by atoms with Crippen LogP contribution in [0.25, 0.3) is 0 Å². The van der Waals surface area contributed by atoms with Crippen molar-refractivity contribution in [3.05, 3.63) is 12.2 Å². The lowest BCUT2D eigenvalue weighted by Crippen LogP contribution is -2.34. The molecular weight excluding hydrogens is 334 g/mol. The van der Waals surface area contributed by atoms with Gasteiger partial charge in [0.25, 0.3) is 11.8 Å². The summed E-state index contributed by atoms with van der Waals surface area (Å²) in [6.45, 7) is 5.13. The summed E-state index contributed by atoms with van der Waals surface area (Å²) in [6, 6.07) is 0. The van der Waals surface area contributed by atoms with Gasteiger partial charge in [-0.1, -0.05) is 104 Å². The van der Waals surface area contributed by atoms with Crippen molar-refractivity contribution in [2.45, 2.75) is 117 Å². The molecule has 0 saturated heterocycles. The van der Waals surface area contributed by atoms with Crippen LogP contribution in [0.2, 0.25) is 0 Å². The van der Waals surface area contributed by atoms with Gasteiger partial charge in [0, 0.05) is 18.7 Å². The van der Waals surface area contributed by atoms with Gasteiger partial charge in [0.1, 0.15) is 0 Å². The van der Waals surface area contributed by atoms with Gasteiger partial charge in [-0.3, -0.25) is 14.5 Å². The molecule has 0 N–H and O–H groups in total. The lowest BCUT2D eigenvalue weighted by atomic mass is 9.93. The van der Waals surface area contributed by atoms with E-state index in [4.69, 9.17) is 0 Å². The predicted molar refractivity (Wildman–Crippen MR) is 115 cm³/mol. The molecule has 1 heterocycles. The van der Waals surface area contributed by atoms with E-state index < -0.39 is 0 Å². The van der Waals surface area contributed by atoms with Crippen molar-refractivity contribution in [1.29, 1.82) is 0 Å². The minimum absolute atomic E-state index is 0.121. The molecule has 0 aromatic heterocycles. The molecule has 1 unspecified atom stereocenters. The SMILES string of the molecule is CCCCCCCCCCC(CCCCCCCC)CN1C(=O)C=CC1=O. The second-order valence-corrected chi connectivity index (χ2v) is 8.31. The molecule has 0 aliphatic carbocycles. The molecule has 27 heavy (non-hydrogen) atoms. The standard InChI is InChI=1S/C24H43NO2/c1-3-5-7-9-11-12-14-16-18-22(17-15-13-10-8-6-4-2)21-25-23(26)19-20-24(25)27/h19-20,22H,3-18,21H2,1-2H3. The molecule has 3 nitrogen and oxygen atoms in total. The van der Waals surface area contributed by atoms with Crippen LogP contribution in [0.1, 0.15) is 117 Å². The topological polar surface area (TPSA) is 37.4 Å². The van der Waals surface area contributed by atoms with E-state index in [2.05, 4.69) is 13.8 Å². The van der Waals surface area contributed by atoms with Gasteiger partial charge in [0.15, 0.2) is 0 Å². The molecule has 0 bridgehead atoms. The Morgan fingerprint density at radius 2 is 1.00 bits per heavy atom. The Kier molecular flexibility index (Phi) is 14.1. The first kappa shape index (κ1) is 23.9. The van der Waals surface area contributed by atoms with Crippen molar-refractivity contribution in [3.8, 4) is 0 Å². The summed E-state index contributed by atoms with van der Waals surface area (Å²) >= 11 is 0. The molecule has 0 radical (unpaired) electrons. The van der Waals surface area contributed by atoms with E-state index in [0.29, 0.717) is 12.5 Å². The Labute approximate surface area is 168 Å². The highest BCUT2D eigenvalue weighted by Gasteiger charge is 2.26. The smallest absolute Gasteiger partial charge is 0.253 e. The van der Waals surface area contributed by atoms with Crippen molar-refractivity contribution in [2.24, 2.45) is 5.92 Å². The van der Waals surface area contributed by atoms with Crippen LogP contribution in [-0.4, -0.2) is 23.3 Å².